The third kappa shape index (κ3) is 4.86. The van der Waals surface area contributed by atoms with Crippen LogP contribution in [0.2, 0.25) is 0 Å². The number of carbonyl (C=O) groups is 1. The van der Waals surface area contributed by atoms with Gasteiger partial charge in [-0.3, -0.25) is 9.79 Å². The molecule has 2 N–H and O–H groups in total. The third-order valence-electron chi connectivity index (χ3n) is 5.86. The number of nitrogens with zero attached hydrogens (tertiary/aromatic N) is 5. The molecular weight excluding hydrogens is 473 g/mol. The molecule has 1 fully saturated rings. The van der Waals surface area contributed by atoms with E-state index >= 15 is 0 Å². The fraction of sp³-hybridized carbons (Fsp3) is 0.280. The Morgan fingerprint density at radius 3 is 2.72 bits per heavy atom. The maximum Gasteiger partial charge on any atom is 0.417 e. The number of hydrogen-bond acceptors (Lipinski definition) is 6. The van der Waals surface area contributed by atoms with Crippen molar-refractivity contribution in [2.24, 2.45) is 10.7 Å². The van der Waals surface area contributed by atoms with Gasteiger partial charge in [-0.2, -0.15) is 18.3 Å². The van der Waals surface area contributed by atoms with Gasteiger partial charge in [0.15, 0.2) is 5.65 Å². The van der Waals surface area contributed by atoms with Crippen LogP contribution in [0.15, 0.2) is 53.3 Å². The fourth-order valence-electron chi connectivity index (χ4n) is 4.01. The molecule has 2 aliphatic heterocycles. The average molecular weight is 494 g/mol. The van der Waals surface area contributed by atoms with Gasteiger partial charge >= 0.3 is 6.18 Å². The van der Waals surface area contributed by atoms with E-state index in [1.165, 1.54) is 21.5 Å². The van der Waals surface area contributed by atoms with Gasteiger partial charge in [0.25, 0.3) is 5.91 Å². The minimum Gasteiger partial charge on any atom is -0.378 e. The lowest BCUT2D eigenvalue weighted by atomic mass is 10.00. The predicted octanol–water partition coefficient (Wildman–Crippen LogP) is 2.92. The van der Waals surface area contributed by atoms with Gasteiger partial charge < -0.3 is 15.4 Å². The van der Waals surface area contributed by atoms with Crippen molar-refractivity contribution in [1.29, 1.82) is 0 Å². The van der Waals surface area contributed by atoms with E-state index in [1.807, 2.05) is 0 Å². The summed E-state index contributed by atoms with van der Waals surface area (Å²) in [6, 6.07) is 5.20. The van der Waals surface area contributed by atoms with Crippen LogP contribution in [-0.4, -0.2) is 64.1 Å². The molecule has 11 heteroatoms. The molecule has 5 rings (SSSR count). The molecule has 4 heterocycles. The van der Waals surface area contributed by atoms with Crippen LogP contribution in [0.1, 0.15) is 27.9 Å². The molecule has 2 aliphatic rings. The number of dihydropyridines is 1. The highest BCUT2D eigenvalue weighted by atomic mass is 19.4. The van der Waals surface area contributed by atoms with Crippen LogP contribution < -0.4 is 5.73 Å². The third-order valence-corrected chi connectivity index (χ3v) is 5.86. The van der Waals surface area contributed by atoms with Crippen molar-refractivity contribution in [1.82, 2.24) is 19.5 Å². The van der Waals surface area contributed by atoms with Crippen molar-refractivity contribution >= 4 is 17.8 Å². The minimum atomic E-state index is -4.72. The van der Waals surface area contributed by atoms with Gasteiger partial charge in [0, 0.05) is 43.1 Å². The Morgan fingerprint density at radius 2 is 1.97 bits per heavy atom. The first-order valence-corrected chi connectivity index (χ1v) is 11.2. The number of alkyl halides is 3. The van der Waals surface area contributed by atoms with Crippen LogP contribution in [0.25, 0.3) is 16.9 Å². The first kappa shape index (κ1) is 23.7. The molecule has 1 unspecified atom stereocenters. The Kier molecular flexibility index (Phi) is 6.30. The number of rotatable bonds is 2. The maximum absolute atomic E-state index is 14.0. The van der Waals surface area contributed by atoms with Gasteiger partial charge in [-0.05, 0) is 24.3 Å². The lowest BCUT2D eigenvalue weighted by molar-refractivity contribution is -0.138. The SMILES string of the molecule is NC1CC(C#Cc2cnn3ccc(-c4ccc(C(=O)N5CCOCC5)c(C(F)(F)F)c4)nc23)=CC=N1. The van der Waals surface area contributed by atoms with Gasteiger partial charge in [-0.15, -0.1) is 0 Å². The highest BCUT2D eigenvalue weighted by molar-refractivity contribution is 5.96. The Labute approximate surface area is 204 Å². The summed E-state index contributed by atoms with van der Waals surface area (Å²) in [4.78, 5) is 22.8. The Balaban J connectivity index is 1.50. The Hall–Kier alpha value is -4.01. The van der Waals surface area contributed by atoms with Gasteiger partial charge in [0.1, 0.15) is 6.17 Å². The summed E-state index contributed by atoms with van der Waals surface area (Å²) in [6.45, 7) is 1.08. The van der Waals surface area contributed by atoms with Crippen LogP contribution in [0.4, 0.5) is 13.2 Å². The van der Waals surface area contributed by atoms with E-state index in [2.05, 4.69) is 26.9 Å². The minimum absolute atomic E-state index is 0.223. The maximum atomic E-state index is 14.0. The van der Waals surface area contributed by atoms with E-state index in [0.29, 0.717) is 36.5 Å². The number of allylic oxidation sites excluding steroid dienone is 1. The van der Waals surface area contributed by atoms with Crippen LogP contribution in [-0.2, 0) is 10.9 Å². The zero-order valence-electron chi connectivity index (χ0n) is 19.0. The van der Waals surface area contributed by atoms with Crippen molar-refractivity contribution in [3.63, 3.8) is 0 Å². The molecule has 36 heavy (non-hydrogen) atoms. The summed E-state index contributed by atoms with van der Waals surface area (Å²) in [5.74, 6) is 5.37. The largest absolute Gasteiger partial charge is 0.417 e. The highest BCUT2D eigenvalue weighted by Gasteiger charge is 2.37. The molecule has 1 amide bonds. The molecule has 2 aromatic heterocycles. The zero-order chi connectivity index (χ0) is 25.3. The van der Waals surface area contributed by atoms with Crippen molar-refractivity contribution in [2.45, 2.75) is 18.8 Å². The first-order valence-electron chi connectivity index (χ1n) is 11.2. The molecular formula is C25H21F3N6O2. The summed E-state index contributed by atoms with van der Waals surface area (Å²) < 4.78 is 48.6. The van der Waals surface area contributed by atoms with Gasteiger partial charge in [-0.25, -0.2) is 9.50 Å². The number of aliphatic imine (C=N–C) groups is 1. The molecule has 1 aromatic carbocycles. The number of benzene rings is 1. The van der Waals surface area contributed by atoms with E-state index < -0.39 is 23.2 Å². The van der Waals surface area contributed by atoms with Crippen molar-refractivity contribution in [3.05, 3.63) is 65.0 Å². The molecule has 184 valence electrons. The van der Waals surface area contributed by atoms with Crippen molar-refractivity contribution in [3.8, 4) is 23.1 Å². The second kappa shape index (κ2) is 9.56. The van der Waals surface area contributed by atoms with E-state index in [4.69, 9.17) is 10.5 Å². The summed E-state index contributed by atoms with van der Waals surface area (Å²) in [5, 5.41) is 4.22. The average Bonchev–Trinajstić information content (AvgIpc) is 3.29. The zero-order valence-corrected chi connectivity index (χ0v) is 19.0. The number of fused-ring (bicyclic) bond motifs is 1. The van der Waals surface area contributed by atoms with Crippen molar-refractivity contribution < 1.29 is 22.7 Å². The lowest BCUT2D eigenvalue weighted by Crippen LogP contribution is -2.41. The summed E-state index contributed by atoms with van der Waals surface area (Å²) >= 11 is 0. The topological polar surface area (TPSA) is 98.1 Å². The number of halogens is 3. The molecule has 8 nitrogen and oxygen atoms in total. The molecule has 1 saturated heterocycles. The van der Waals surface area contributed by atoms with E-state index in [-0.39, 0.29) is 24.8 Å². The van der Waals surface area contributed by atoms with Gasteiger partial charge in [0.05, 0.1) is 41.8 Å². The quantitative estimate of drug-likeness (QED) is 0.553. The number of nitrogens with two attached hydrogens (primary N) is 1. The number of ether oxygens (including phenoxy) is 1. The highest BCUT2D eigenvalue weighted by Crippen LogP contribution is 2.35. The molecule has 3 aromatic rings. The van der Waals surface area contributed by atoms with Gasteiger partial charge in [0.2, 0.25) is 0 Å². The lowest BCUT2D eigenvalue weighted by Gasteiger charge is -2.28. The van der Waals surface area contributed by atoms with E-state index in [9.17, 15) is 18.0 Å². The summed E-state index contributed by atoms with van der Waals surface area (Å²) in [5.41, 5.74) is 6.66. The number of amides is 1. The first-order chi connectivity index (χ1) is 17.3. The number of aromatic nitrogens is 3. The Bertz CT molecular complexity index is 1440. The van der Waals surface area contributed by atoms with Crippen LogP contribution in [0.3, 0.4) is 0 Å². The summed E-state index contributed by atoms with van der Waals surface area (Å²) in [7, 11) is 0. The second-order valence-corrected chi connectivity index (χ2v) is 8.31. The Morgan fingerprint density at radius 1 is 1.17 bits per heavy atom. The van der Waals surface area contributed by atoms with E-state index in [1.54, 1.807) is 30.8 Å². The van der Waals surface area contributed by atoms with Crippen LogP contribution in [0.5, 0.6) is 0 Å². The molecule has 1 atom stereocenters. The fourth-order valence-corrected chi connectivity index (χ4v) is 4.01. The molecule has 0 spiro atoms. The standard InChI is InChI=1S/C25H21F3N6O2/c26-25(27,28)20-14-17(3-4-19(20)24(35)33-9-11-36-12-10-33)21-6-8-34-23(32-21)18(15-31-34)2-1-16-5-7-30-22(29)13-16/h3-8,14-15,22H,9-13,29H2. The van der Waals surface area contributed by atoms with Crippen molar-refractivity contribution in [2.75, 3.05) is 26.3 Å². The summed E-state index contributed by atoms with van der Waals surface area (Å²) in [6.07, 6.45) is 1.98. The van der Waals surface area contributed by atoms with Crippen LogP contribution in [0, 0.1) is 11.8 Å². The number of hydrogen-bond donors (Lipinski definition) is 1. The smallest absolute Gasteiger partial charge is 0.378 e. The molecule has 0 aliphatic carbocycles. The number of morpholine rings is 1. The van der Waals surface area contributed by atoms with E-state index in [0.717, 1.165) is 11.6 Å². The number of carbonyl (C=O) groups excluding carboxylic acids is 1. The monoisotopic (exact) mass is 494 g/mol. The second-order valence-electron chi connectivity index (χ2n) is 8.31. The van der Waals surface area contributed by atoms with Crippen LogP contribution >= 0.6 is 0 Å². The molecule has 0 radical (unpaired) electrons. The predicted molar refractivity (Wildman–Crippen MR) is 126 cm³/mol. The van der Waals surface area contributed by atoms with Gasteiger partial charge in [-0.1, -0.05) is 17.9 Å². The normalized spacial score (nSPS) is 18.1. The molecule has 0 saturated carbocycles. The molecule has 0 bridgehead atoms.